The first kappa shape index (κ1) is 5.07. The smallest absolute Gasteiger partial charge is 0.157 e. The largest absolute Gasteiger partial charge is 0.322 e. The molecular weight excluding hydrogens is 80.1 g/mol. The van der Waals surface area contributed by atoms with Crippen LogP contribution in [0.1, 0.15) is 0 Å². The second-order valence-corrected chi connectivity index (χ2v) is 0.580. The maximum Gasteiger partial charge on any atom is 0.157 e. The van der Waals surface area contributed by atoms with Gasteiger partial charge in [-0.1, -0.05) is 0 Å². The highest BCUT2D eigenvalue weighted by atomic mass is 15.2. The Labute approximate surface area is 35.8 Å². The summed E-state index contributed by atoms with van der Waals surface area (Å²) < 4.78 is 0. The van der Waals surface area contributed by atoms with Crippen molar-refractivity contribution in [1.29, 1.82) is 0 Å². The van der Waals surface area contributed by atoms with Crippen molar-refractivity contribution < 1.29 is 0 Å². The molecule has 0 spiro atoms. The van der Waals surface area contributed by atoms with Crippen LogP contribution in [0.5, 0.6) is 0 Å². The van der Waals surface area contributed by atoms with Crippen LogP contribution >= 0.6 is 0 Å². The lowest BCUT2D eigenvalue weighted by molar-refractivity contribution is 1.18. The van der Waals surface area contributed by atoms with Crippen LogP contribution in [0.15, 0.2) is 15.3 Å². The van der Waals surface area contributed by atoms with Crippen molar-refractivity contribution in [3.8, 4) is 0 Å². The van der Waals surface area contributed by atoms with Crippen LogP contribution in [-0.2, 0) is 0 Å². The average molecular weight is 86.1 g/mol. The molecule has 6 heavy (non-hydrogen) atoms. The minimum Gasteiger partial charge on any atom is -0.322 e. The number of rotatable bonds is 1. The van der Waals surface area contributed by atoms with Crippen LogP contribution in [0, 0.1) is 0 Å². The molecule has 0 rings (SSSR count). The normalized spacial score (nSPS) is 11.5. The van der Waals surface area contributed by atoms with E-state index >= 15 is 0 Å². The Kier molecular flexibility index (Phi) is 3.44. The van der Waals surface area contributed by atoms with Crippen molar-refractivity contribution in [2.24, 2.45) is 21.2 Å². The lowest BCUT2D eigenvalue weighted by atomic mass is 11.3. The number of hydrogen-bond acceptors (Lipinski definition) is 3. The molecule has 34 valence electrons. The minimum atomic E-state index is 1.17. The highest BCUT2D eigenvalue weighted by molar-refractivity contribution is 5.53. The Morgan fingerprint density at radius 2 is 2.33 bits per heavy atom. The molecule has 0 aromatic heterocycles. The van der Waals surface area contributed by atoms with Gasteiger partial charge in [0.1, 0.15) is 0 Å². The molecule has 0 aliphatic carbocycles. The van der Waals surface area contributed by atoms with Crippen LogP contribution in [0.25, 0.3) is 0 Å². The first-order chi connectivity index (χ1) is 2.91. The summed E-state index contributed by atoms with van der Waals surface area (Å²) >= 11 is 0. The Bertz CT molecular complexity index is 53.9. The molecule has 4 nitrogen and oxygen atoms in total. The lowest BCUT2D eigenvalue weighted by Gasteiger charge is -1.64. The van der Waals surface area contributed by atoms with Crippen LogP contribution in [-0.4, -0.2) is 13.4 Å². The maximum atomic E-state index is 4.63. The van der Waals surface area contributed by atoms with Gasteiger partial charge in [0, 0.05) is 7.05 Å². The minimum absolute atomic E-state index is 1.17. The molecule has 0 aromatic rings. The molecular formula is C2H6N4. The first-order valence-electron chi connectivity index (χ1n) is 1.42. The Balaban J connectivity index is 3.07. The van der Waals surface area contributed by atoms with E-state index in [1.807, 2.05) is 0 Å². The standard InChI is InChI=1S/C2H6N4/c1-4-6-2-5-3/h2H,3H2,1H3/b5-2-,6-4-. The molecule has 0 aromatic carbocycles. The Morgan fingerprint density at radius 1 is 1.67 bits per heavy atom. The van der Waals surface area contributed by atoms with Gasteiger partial charge in [-0.2, -0.15) is 10.2 Å². The number of hydrogen-bond donors (Lipinski definition) is 1. The summed E-state index contributed by atoms with van der Waals surface area (Å²) in [5, 5.41) is 9.66. The van der Waals surface area contributed by atoms with E-state index in [0.29, 0.717) is 0 Å². The number of nitrogens with two attached hydrogens (primary N) is 1. The van der Waals surface area contributed by atoms with E-state index in [-0.39, 0.29) is 0 Å². The van der Waals surface area contributed by atoms with E-state index in [2.05, 4.69) is 21.2 Å². The average Bonchev–Trinajstić information content (AvgIpc) is 1.61. The van der Waals surface area contributed by atoms with E-state index in [1.54, 1.807) is 7.05 Å². The van der Waals surface area contributed by atoms with E-state index in [0.717, 1.165) is 0 Å². The highest BCUT2D eigenvalue weighted by Gasteiger charge is 1.49. The van der Waals surface area contributed by atoms with E-state index < -0.39 is 0 Å². The Hall–Kier alpha value is -0.930. The maximum absolute atomic E-state index is 4.63. The van der Waals surface area contributed by atoms with Crippen molar-refractivity contribution in [2.75, 3.05) is 7.05 Å². The van der Waals surface area contributed by atoms with Crippen LogP contribution < -0.4 is 5.84 Å². The third-order valence-electron chi connectivity index (χ3n) is 0.234. The third-order valence-corrected chi connectivity index (χ3v) is 0.234. The van der Waals surface area contributed by atoms with Gasteiger partial charge in [-0.3, -0.25) is 0 Å². The fraction of sp³-hybridized carbons (Fsp3) is 0.500. The number of nitrogens with zero attached hydrogens (tertiary/aromatic N) is 3. The van der Waals surface area contributed by atoms with Gasteiger partial charge in [0.15, 0.2) is 6.34 Å². The fourth-order valence-electron chi connectivity index (χ4n) is 0.0815. The molecule has 0 saturated heterocycles. The van der Waals surface area contributed by atoms with Gasteiger partial charge in [-0.05, 0) is 0 Å². The third kappa shape index (κ3) is 3.07. The summed E-state index contributed by atoms with van der Waals surface area (Å²) in [6.07, 6.45) is 1.17. The first-order valence-corrected chi connectivity index (χ1v) is 1.42. The Morgan fingerprint density at radius 3 is 2.50 bits per heavy atom. The van der Waals surface area contributed by atoms with Gasteiger partial charge >= 0.3 is 0 Å². The molecule has 0 aliphatic rings. The van der Waals surface area contributed by atoms with Crippen LogP contribution in [0.4, 0.5) is 0 Å². The lowest BCUT2D eigenvalue weighted by Crippen LogP contribution is -1.76. The number of azo groups is 1. The van der Waals surface area contributed by atoms with Crippen molar-refractivity contribution >= 4 is 6.34 Å². The summed E-state index contributed by atoms with van der Waals surface area (Å²) in [6.45, 7) is 0. The SMILES string of the molecule is C/N=N\C=N/N. The zero-order valence-corrected chi connectivity index (χ0v) is 3.50. The molecule has 4 heteroatoms. The van der Waals surface area contributed by atoms with Gasteiger partial charge in [-0.15, -0.1) is 5.11 Å². The van der Waals surface area contributed by atoms with Gasteiger partial charge in [-0.25, -0.2) is 0 Å². The zero-order chi connectivity index (χ0) is 4.83. The summed E-state index contributed by atoms with van der Waals surface area (Å²) in [7, 11) is 1.54. The second kappa shape index (κ2) is 4.07. The monoisotopic (exact) mass is 86.1 g/mol. The molecule has 0 heterocycles. The fourth-order valence-corrected chi connectivity index (χ4v) is 0.0815. The molecule has 0 unspecified atom stereocenters. The predicted molar refractivity (Wildman–Crippen MR) is 23.5 cm³/mol. The van der Waals surface area contributed by atoms with Crippen molar-refractivity contribution in [3.05, 3.63) is 0 Å². The quantitative estimate of drug-likeness (QED) is 0.157. The van der Waals surface area contributed by atoms with Gasteiger partial charge in [0.2, 0.25) is 0 Å². The van der Waals surface area contributed by atoms with Crippen molar-refractivity contribution in [2.45, 2.75) is 0 Å². The summed E-state index contributed by atoms with van der Waals surface area (Å²) in [5.74, 6) is 4.63. The van der Waals surface area contributed by atoms with Gasteiger partial charge in [0.05, 0.1) is 0 Å². The second-order valence-electron chi connectivity index (χ2n) is 0.580. The molecule has 0 saturated carbocycles. The summed E-state index contributed by atoms with van der Waals surface area (Å²) in [4.78, 5) is 0. The summed E-state index contributed by atoms with van der Waals surface area (Å²) in [6, 6.07) is 0. The van der Waals surface area contributed by atoms with Crippen molar-refractivity contribution in [1.82, 2.24) is 0 Å². The predicted octanol–water partition coefficient (Wildman–Crippen LogP) is -0.0296. The van der Waals surface area contributed by atoms with E-state index in [4.69, 9.17) is 0 Å². The molecule has 0 radical (unpaired) electrons. The number of hydrazone groups is 1. The zero-order valence-electron chi connectivity index (χ0n) is 3.50. The molecule has 0 amide bonds. The summed E-state index contributed by atoms with van der Waals surface area (Å²) in [5.41, 5.74) is 0. The highest BCUT2D eigenvalue weighted by Crippen LogP contribution is 1.56. The molecule has 0 bridgehead atoms. The molecule has 0 fully saturated rings. The van der Waals surface area contributed by atoms with Crippen LogP contribution in [0.2, 0.25) is 0 Å². The molecule has 2 N–H and O–H groups in total. The van der Waals surface area contributed by atoms with E-state index in [1.165, 1.54) is 6.34 Å². The van der Waals surface area contributed by atoms with Gasteiger partial charge in [0.25, 0.3) is 0 Å². The van der Waals surface area contributed by atoms with E-state index in [9.17, 15) is 0 Å². The molecule has 0 atom stereocenters. The topological polar surface area (TPSA) is 63.1 Å². The van der Waals surface area contributed by atoms with Gasteiger partial charge < -0.3 is 5.84 Å². The van der Waals surface area contributed by atoms with Crippen molar-refractivity contribution in [3.63, 3.8) is 0 Å². The van der Waals surface area contributed by atoms with Crippen LogP contribution in [0.3, 0.4) is 0 Å². The molecule has 0 aliphatic heterocycles.